The lowest BCUT2D eigenvalue weighted by Crippen LogP contribution is -2.29. The van der Waals surface area contributed by atoms with E-state index in [1.807, 2.05) is 11.8 Å². The van der Waals surface area contributed by atoms with Crippen molar-refractivity contribution in [3.05, 3.63) is 47.5 Å². The standard InChI is InChI=1S/C15H21NO/c1-4-6-15(17)16(11-5-2)12-14-9-7-13(3)8-10-14/h4,6-10H,5,11-12H2,1-3H3. The second kappa shape index (κ2) is 6.89. The third-order valence-electron chi connectivity index (χ3n) is 2.61. The number of nitrogens with zero attached hydrogens (tertiary/aromatic N) is 1. The van der Waals surface area contributed by atoms with Crippen LogP contribution in [0, 0.1) is 6.92 Å². The van der Waals surface area contributed by atoms with Gasteiger partial charge >= 0.3 is 0 Å². The lowest BCUT2D eigenvalue weighted by molar-refractivity contribution is -0.126. The summed E-state index contributed by atoms with van der Waals surface area (Å²) < 4.78 is 0. The Morgan fingerprint density at radius 1 is 1.29 bits per heavy atom. The topological polar surface area (TPSA) is 20.3 Å². The van der Waals surface area contributed by atoms with E-state index in [0.717, 1.165) is 13.0 Å². The maximum atomic E-state index is 11.8. The van der Waals surface area contributed by atoms with Gasteiger partial charge < -0.3 is 4.90 Å². The van der Waals surface area contributed by atoms with E-state index < -0.39 is 0 Å². The lowest BCUT2D eigenvalue weighted by atomic mass is 10.1. The number of allylic oxidation sites excluding steroid dienone is 1. The van der Waals surface area contributed by atoms with Crippen LogP contribution in [0.25, 0.3) is 0 Å². The number of carbonyl (C=O) groups excluding carboxylic acids is 1. The Bertz CT molecular complexity index is 378. The van der Waals surface area contributed by atoms with Crippen LogP contribution in [0.5, 0.6) is 0 Å². The zero-order valence-electron chi connectivity index (χ0n) is 10.9. The molecule has 92 valence electrons. The smallest absolute Gasteiger partial charge is 0.246 e. The molecular weight excluding hydrogens is 210 g/mol. The quantitative estimate of drug-likeness (QED) is 0.712. The highest BCUT2D eigenvalue weighted by Crippen LogP contribution is 2.08. The van der Waals surface area contributed by atoms with Crippen LogP contribution in [0.15, 0.2) is 36.4 Å². The number of hydrogen-bond acceptors (Lipinski definition) is 1. The number of amides is 1. The summed E-state index contributed by atoms with van der Waals surface area (Å²) in [6.07, 6.45) is 4.40. The van der Waals surface area contributed by atoms with Crippen LogP contribution >= 0.6 is 0 Å². The molecule has 1 amide bonds. The predicted octanol–water partition coefficient (Wildman–Crippen LogP) is 3.31. The minimum absolute atomic E-state index is 0.0925. The van der Waals surface area contributed by atoms with Crippen LogP contribution in [0.2, 0.25) is 0 Å². The molecule has 0 bridgehead atoms. The van der Waals surface area contributed by atoms with Gasteiger partial charge in [-0.05, 0) is 31.9 Å². The highest BCUT2D eigenvalue weighted by molar-refractivity contribution is 5.87. The molecule has 1 aromatic carbocycles. The fourth-order valence-electron chi connectivity index (χ4n) is 1.70. The van der Waals surface area contributed by atoms with Crippen molar-refractivity contribution in [3.8, 4) is 0 Å². The van der Waals surface area contributed by atoms with E-state index in [9.17, 15) is 4.79 Å². The molecule has 0 aliphatic rings. The highest BCUT2D eigenvalue weighted by atomic mass is 16.2. The van der Waals surface area contributed by atoms with Gasteiger partial charge in [0.25, 0.3) is 0 Å². The predicted molar refractivity (Wildman–Crippen MR) is 71.7 cm³/mol. The van der Waals surface area contributed by atoms with Crippen LogP contribution < -0.4 is 0 Å². The van der Waals surface area contributed by atoms with Crippen LogP contribution in [0.4, 0.5) is 0 Å². The summed E-state index contributed by atoms with van der Waals surface area (Å²) >= 11 is 0. The Labute approximate surface area is 104 Å². The van der Waals surface area contributed by atoms with E-state index in [-0.39, 0.29) is 5.91 Å². The van der Waals surface area contributed by atoms with Gasteiger partial charge in [0.1, 0.15) is 0 Å². The number of hydrogen-bond donors (Lipinski definition) is 0. The Morgan fingerprint density at radius 3 is 2.47 bits per heavy atom. The van der Waals surface area contributed by atoms with Gasteiger partial charge in [-0.25, -0.2) is 0 Å². The second-order valence-corrected chi connectivity index (χ2v) is 4.25. The fraction of sp³-hybridized carbons (Fsp3) is 0.400. The van der Waals surface area contributed by atoms with Gasteiger partial charge in [0.15, 0.2) is 0 Å². The van der Waals surface area contributed by atoms with Crippen molar-refractivity contribution in [1.29, 1.82) is 0 Å². The molecule has 0 unspecified atom stereocenters. The second-order valence-electron chi connectivity index (χ2n) is 4.25. The van der Waals surface area contributed by atoms with Crippen molar-refractivity contribution in [2.45, 2.75) is 33.7 Å². The summed E-state index contributed by atoms with van der Waals surface area (Å²) in [5, 5.41) is 0. The molecule has 0 atom stereocenters. The summed E-state index contributed by atoms with van der Waals surface area (Å²) in [6.45, 7) is 7.52. The van der Waals surface area contributed by atoms with E-state index >= 15 is 0 Å². The molecule has 0 saturated heterocycles. The van der Waals surface area contributed by atoms with Crippen molar-refractivity contribution in [3.63, 3.8) is 0 Å². The van der Waals surface area contributed by atoms with Gasteiger partial charge in [-0.3, -0.25) is 4.79 Å². The molecule has 2 nitrogen and oxygen atoms in total. The van der Waals surface area contributed by atoms with Crippen molar-refractivity contribution < 1.29 is 4.79 Å². The molecule has 0 aromatic heterocycles. The van der Waals surface area contributed by atoms with Gasteiger partial charge in [0.2, 0.25) is 5.91 Å². The molecule has 17 heavy (non-hydrogen) atoms. The number of rotatable bonds is 5. The summed E-state index contributed by atoms with van der Waals surface area (Å²) in [6, 6.07) is 8.33. The van der Waals surface area contributed by atoms with E-state index in [1.165, 1.54) is 11.1 Å². The van der Waals surface area contributed by atoms with E-state index in [1.54, 1.807) is 12.2 Å². The third kappa shape index (κ3) is 4.43. The monoisotopic (exact) mass is 231 g/mol. The molecule has 0 saturated carbocycles. The molecule has 0 spiro atoms. The fourth-order valence-corrected chi connectivity index (χ4v) is 1.70. The van der Waals surface area contributed by atoms with E-state index in [0.29, 0.717) is 6.54 Å². The van der Waals surface area contributed by atoms with Crippen molar-refractivity contribution in [2.24, 2.45) is 0 Å². The molecular formula is C15H21NO. The van der Waals surface area contributed by atoms with Crippen LogP contribution in [0.3, 0.4) is 0 Å². The normalized spacial score (nSPS) is 10.8. The largest absolute Gasteiger partial charge is 0.335 e. The zero-order chi connectivity index (χ0) is 12.7. The molecule has 0 aliphatic heterocycles. The van der Waals surface area contributed by atoms with Gasteiger partial charge in [-0.1, -0.05) is 42.8 Å². The molecule has 0 heterocycles. The molecule has 1 rings (SSSR count). The Hall–Kier alpha value is -1.57. The maximum absolute atomic E-state index is 11.8. The maximum Gasteiger partial charge on any atom is 0.246 e. The number of carbonyl (C=O) groups is 1. The third-order valence-corrected chi connectivity index (χ3v) is 2.61. The van der Waals surface area contributed by atoms with Crippen LogP contribution in [-0.2, 0) is 11.3 Å². The Kier molecular flexibility index (Phi) is 5.47. The first-order valence-corrected chi connectivity index (χ1v) is 6.14. The minimum atomic E-state index is 0.0925. The lowest BCUT2D eigenvalue weighted by Gasteiger charge is -2.20. The van der Waals surface area contributed by atoms with Gasteiger partial charge in [0.05, 0.1) is 0 Å². The van der Waals surface area contributed by atoms with E-state index in [2.05, 4.69) is 38.1 Å². The molecule has 2 heteroatoms. The molecule has 1 aromatic rings. The number of aryl methyl sites for hydroxylation is 1. The van der Waals surface area contributed by atoms with Crippen LogP contribution in [-0.4, -0.2) is 17.4 Å². The van der Waals surface area contributed by atoms with E-state index in [4.69, 9.17) is 0 Å². The molecule has 0 aliphatic carbocycles. The van der Waals surface area contributed by atoms with Gasteiger partial charge in [-0.15, -0.1) is 0 Å². The first-order valence-electron chi connectivity index (χ1n) is 6.14. The first-order chi connectivity index (χ1) is 8.17. The Balaban J connectivity index is 2.72. The first kappa shape index (κ1) is 13.5. The average Bonchev–Trinajstić information content (AvgIpc) is 2.31. The van der Waals surface area contributed by atoms with Crippen molar-refractivity contribution >= 4 is 5.91 Å². The summed E-state index contributed by atoms with van der Waals surface area (Å²) in [5.41, 5.74) is 2.43. The molecule has 0 fully saturated rings. The Morgan fingerprint density at radius 2 is 1.94 bits per heavy atom. The van der Waals surface area contributed by atoms with Crippen LogP contribution in [0.1, 0.15) is 31.4 Å². The SMILES string of the molecule is CC=CC(=O)N(CCC)Cc1ccc(C)cc1. The van der Waals surface area contributed by atoms with Crippen molar-refractivity contribution in [1.82, 2.24) is 4.90 Å². The highest BCUT2D eigenvalue weighted by Gasteiger charge is 2.09. The zero-order valence-corrected chi connectivity index (χ0v) is 10.9. The van der Waals surface area contributed by atoms with Gasteiger partial charge in [-0.2, -0.15) is 0 Å². The summed E-state index contributed by atoms with van der Waals surface area (Å²) in [4.78, 5) is 13.7. The minimum Gasteiger partial charge on any atom is -0.335 e. The summed E-state index contributed by atoms with van der Waals surface area (Å²) in [5.74, 6) is 0.0925. The van der Waals surface area contributed by atoms with Gasteiger partial charge in [0, 0.05) is 13.1 Å². The average molecular weight is 231 g/mol. The number of benzene rings is 1. The molecule has 0 radical (unpaired) electrons. The molecule has 0 N–H and O–H groups in total. The summed E-state index contributed by atoms with van der Waals surface area (Å²) in [7, 11) is 0. The van der Waals surface area contributed by atoms with Crippen molar-refractivity contribution in [2.75, 3.05) is 6.54 Å².